The maximum atomic E-state index is 13.8. The maximum absolute atomic E-state index is 13.8. The standard InChI is InChI=1S/C21H26FN3O3S/c1-16(2)23-29(27,28)19-9-7-17(8-10-19)21(26)25-13-11-24(12-14-25)15-18-5-3-4-6-20(18)22/h3-10,16,23H,11-15H2,1-2H3. The van der Waals surface area contributed by atoms with Crippen molar-refractivity contribution in [1.82, 2.24) is 14.5 Å². The van der Waals surface area contributed by atoms with Crippen molar-refractivity contribution in [1.29, 1.82) is 0 Å². The topological polar surface area (TPSA) is 69.7 Å². The third kappa shape index (κ3) is 5.41. The Balaban J connectivity index is 1.59. The van der Waals surface area contributed by atoms with Crippen molar-refractivity contribution in [3.63, 3.8) is 0 Å². The minimum absolute atomic E-state index is 0.128. The Morgan fingerprint density at radius 3 is 2.24 bits per heavy atom. The third-order valence-electron chi connectivity index (χ3n) is 4.81. The van der Waals surface area contributed by atoms with Gasteiger partial charge in [-0.05, 0) is 44.2 Å². The Kier molecular flexibility index (Phi) is 6.66. The number of nitrogens with zero attached hydrogens (tertiary/aromatic N) is 2. The molecule has 2 aromatic rings. The van der Waals surface area contributed by atoms with Gasteiger partial charge in [-0.15, -0.1) is 0 Å². The van der Waals surface area contributed by atoms with E-state index < -0.39 is 10.0 Å². The number of hydrogen-bond donors (Lipinski definition) is 1. The molecule has 1 fully saturated rings. The summed E-state index contributed by atoms with van der Waals surface area (Å²) in [7, 11) is -3.58. The first-order valence-corrected chi connectivity index (χ1v) is 11.1. The van der Waals surface area contributed by atoms with Crippen molar-refractivity contribution in [3.05, 3.63) is 65.5 Å². The van der Waals surface area contributed by atoms with Crippen LogP contribution < -0.4 is 4.72 Å². The van der Waals surface area contributed by atoms with Crippen LogP contribution in [-0.4, -0.2) is 56.3 Å². The second kappa shape index (κ2) is 9.02. The molecule has 8 heteroatoms. The Bertz CT molecular complexity index is 953. The molecule has 6 nitrogen and oxygen atoms in total. The zero-order chi connectivity index (χ0) is 21.0. The first-order chi connectivity index (χ1) is 13.8. The summed E-state index contributed by atoms with van der Waals surface area (Å²) >= 11 is 0. The van der Waals surface area contributed by atoms with Crippen LogP contribution in [0.15, 0.2) is 53.4 Å². The number of piperazine rings is 1. The Morgan fingerprint density at radius 1 is 1.03 bits per heavy atom. The van der Waals surface area contributed by atoms with E-state index in [0.717, 1.165) is 0 Å². The van der Waals surface area contributed by atoms with Crippen LogP contribution in [0.5, 0.6) is 0 Å². The highest BCUT2D eigenvalue weighted by molar-refractivity contribution is 7.89. The highest BCUT2D eigenvalue weighted by atomic mass is 32.2. The van der Waals surface area contributed by atoms with E-state index in [1.54, 1.807) is 43.0 Å². The van der Waals surface area contributed by atoms with Crippen LogP contribution in [0, 0.1) is 5.82 Å². The molecular formula is C21H26FN3O3S. The van der Waals surface area contributed by atoms with Crippen LogP contribution in [0.2, 0.25) is 0 Å². The van der Waals surface area contributed by atoms with Crippen LogP contribution in [-0.2, 0) is 16.6 Å². The molecule has 1 N–H and O–H groups in total. The summed E-state index contributed by atoms with van der Waals surface area (Å²) in [6.45, 7) is 6.42. The lowest BCUT2D eigenvalue weighted by Crippen LogP contribution is -2.48. The molecule has 2 aromatic carbocycles. The minimum Gasteiger partial charge on any atom is -0.336 e. The van der Waals surface area contributed by atoms with Crippen molar-refractivity contribution in [2.45, 2.75) is 31.3 Å². The zero-order valence-corrected chi connectivity index (χ0v) is 17.5. The Labute approximate surface area is 171 Å². The first-order valence-electron chi connectivity index (χ1n) is 9.64. The molecule has 1 heterocycles. The minimum atomic E-state index is -3.58. The lowest BCUT2D eigenvalue weighted by atomic mass is 10.1. The van der Waals surface area contributed by atoms with Crippen molar-refractivity contribution < 1.29 is 17.6 Å². The predicted octanol–water partition coefficient (Wildman–Crippen LogP) is 2.47. The van der Waals surface area contributed by atoms with E-state index >= 15 is 0 Å². The fraction of sp³-hybridized carbons (Fsp3) is 0.381. The second-order valence-corrected chi connectivity index (χ2v) is 9.17. The monoisotopic (exact) mass is 419 g/mol. The molecule has 0 radical (unpaired) electrons. The normalized spacial score (nSPS) is 15.7. The van der Waals surface area contributed by atoms with Gasteiger partial charge in [0.05, 0.1) is 4.90 Å². The van der Waals surface area contributed by atoms with E-state index in [-0.39, 0.29) is 22.7 Å². The van der Waals surface area contributed by atoms with Gasteiger partial charge in [-0.1, -0.05) is 18.2 Å². The number of hydrogen-bond acceptors (Lipinski definition) is 4. The van der Waals surface area contributed by atoms with Crippen LogP contribution in [0.1, 0.15) is 29.8 Å². The number of nitrogens with one attached hydrogen (secondary N) is 1. The average molecular weight is 420 g/mol. The fourth-order valence-electron chi connectivity index (χ4n) is 3.31. The van der Waals surface area contributed by atoms with Crippen LogP contribution >= 0.6 is 0 Å². The van der Waals surface area contributed by atoms with Gasteiger partial charge in [0.2, 0.25) is 10.0 Å². The van der Waals surface area contributed by atoms with Gasteiger partial charge >= 0.3 is 0 Å². The zero-order valence-electron chi connectivity index (χ0n) is 16.6. The molecule has 0 bridgehead atoms. The molecule has 156 valence electrons. The largest absolute Gasteiger partial charge is 0.336 e. The molecule has 1 aliphatic rings. The Hall–Kier alpha value is -2.29. The number of amides is 1. The first kappa shape index (κ1) is 21.4. The SMILES string of the molecule is CC(C)NS(=O)(=O)c1ccc(C(=O)N2CCN(Cc3ccccc3F)CC2)cc1. The molecule has 3 rings (SSSR count). The average Bonchev–Trinajstić information content (AvgIpc) is 2.69. The van der Waals surface area contributed by atoms with Gasteiger partial charge in [0.15, 0.2) is 0 Å². The number of benzene rings is 2. The number of rotatable bonds is 6. The summed E-state index contributed by atoms with van der Waals surface area (Å²) in [6, 6.07) is 12.5. The summed E-state index contributed by atoms with van der Waals surface area (Å²) < 4.78 is 40.7. The molecule has 0 spiro atoms. The van der Waals surface area contributed by atoms with E-state index in [0.29, 0.717) is 43.9 Å². The molecule has 29 heavy (non-hydrogen) atoms. The van der Waals surface area contributed by atoms with Crippen LogP contribution in [0.25, 0.3) is 0 Å². The van der Waals surface area contributed by atoms with Crippen molar-refractivity contribution in [2.75, 3.05) is 26.2 Å². The fourth-order valence-corrected chi connectivity index (χ4v) is 4.57. The second-order valence-electron chi connectivity index (χ2n) is 7.46. The Morgan fingerprint density at radius 2 is 1.66 bits per heavy atom. The number of halogens is 1. The molecule has 0 aliphatic carbocycles. The molecule has 1 amide bonds. The molecular weight excluding hydrogens is 393 g/mol. The van der Waals surface area contributed by atoms with Gasteiger partial charge < -0.3 is 4.90 Å². The van der Waals surface area contributed by atoms with Crippen molar-refractivity contribution in [2.24, 2.45) is 0 Å². The quantitative estimate of drug-likeness (QED) is 0.781. The van der Waals surface area contributed by atoms with E-state index in [1.165, 1.54) is 18.2 Å². The molecule has 1 saturated heterocycles. The summed E-state index contributed by atoms with van der Waals surface area (Å²) in [6.07, 6.45) is 0. The molecule has 1 aliphatic heterocycles. The molecule has 0 unspecified atom stereocenters. The highest BCUT2D eigenvalue weighted by Gasteiger charge is 2.23. The third-order valence-corrected chi connectivity index (χ3v) is 6.49. The van der Waals surface area contributed by atoms with Crippen LogP contribution in [0.4, 0.5) is 4.39 Å². The maximum Gasteiger partial charge on any atom is 0.253 e. The van der Waals surface area contributed by atoms with Gasteiger partial charge in [-0.25, -0.2) is 17.5 Å². The number of carbonyl (C=O) groups is 1. The van der Waals surface area contributed by atoms with E-state index in [1.807, 2.05) is 6.07 Å². The van der Waals surface area contributed by atoms with E-state index in [9.17, 15) is 17.6 Å². The lowest BCUT2D eigenvalue weighted by Gasteiger charge is -2.34. The van der Waals surface area contributed by atoms with E-state index in [2.05, 4.69) is 9.62 Å². The summed E-state index contributed by atoms with van der Waals surface area (Å²) in [5, 5.41) is 0. The predicted molar refractivity (Wildman–Crippen MR) is 109 cm³/mol. The van der Waals surface area contributed by atoms with Gasteiger partial charge in [0.25, 0.3) is 5.91 Å². The van der Waals surface area contributed by atoms with E-state index in [4.69, 9.17) is 0 Å². The highest BCUT2D eigenvalue weighted by Crippen LogP contribution is 2.16. The van der Waals surface area contributed by atoms with Gasteiger partial charge in [-0.2, -0.15) is 0 Å². The lowest BCUT2D eigenvalue weighted by molar-refractivity contribution is 0.0627. The van der Waals surface area contributed by atoms with Crippen molar-refractivity contribution >= 4 is 15.9 Å². The molecule has 0 atom stereocenters. The van der Waals surface area contributed by atoms with Gasteiger partial charge in [-0.3, -0.25) is 9.69 Å². The van der Waals surface area contributed by atoms with Crippen LogP contribution in [0.3, 0.4) is 0 Å². The summed E-state index contributed by atoms with van der Waals surface area (Å²) in [4.78, 5) is 16.7. The molecule has 0 saturated carbocycles. The molecule has 0 aromatic heterocycles. The van der Waals surface area contributed by atoms with Gasteiger partial charge in [0.1, 0.15) is 5.82 Å². The number of carbonyl (C=O) groups excluding carboxylic acids is 1. The number of sulfonamides is 1. The summed E-state index contributed by atoms with van der Waals surface area (Å²) in [5.41, 5.74) is 1.11. The smallest absolute Gasteiger partial charge is 0.253 e. The summed E-state index contributed by atoms with van der Waals surface area (Å²) in [5.74, 6) is -0.343. The van der Waals surface area contributed by atoms with Crippen molar-refractivity contribution in [3.8, 4) is 0 Å². The van der Waals surface area contributed by atoms with Gasteiger partial charge in [0, 0.05) is 49.9 Å².